The van der Waals surface area contributed by atoms with Crippen molar-refractivity contribution in [3.05, 3.63) is 35.1 Å². The fourth-order valence-electron chi connectivity index (χ4n) is 2.61. The SMILES string of the molecule is Clc1ccc(-c2nn3c(CCN4CCOCC4)nnc3s2)cc1. The highest BCUT2D eigenvalue weighted by molar-refractivity contribution is 7.19. The van der Waals surface area contributed by atoms with Gasteiger partial charge in [0, 0.05) is 36.6 Å². The van der Waals surface area contributed by atoms with Crippen LogP contribution >= 0.6 is 22.9 Å². The highest BCUT2D eigenvalue weighted by Crippen LogP contribution is 2.26. The Morgan fingerprint density at radius 3 is 2.70 bits per heavy atom. The van der Waals surface area contributed by atoms with Gasteiger partial charge in [0.1, 0.15) is 5.01 Å². The van der Waals surface area contributed by atoms with Crippen molar-refractivity contribution in [1.29, 1.82) is 0 Å². The summed E-state index contributed by atoms with van der Waals surface area (Å²) in [7, 11) is 0. The number of aromatic nitrogens is 4. The van der Waals surface area contributed by atoms with E-state index in [0.717, 1.165) is 65.6 Å². The third-order valence-electron chi connectivity index (χ3n) is 3.90. The van der Waals surface area contributed by atoms with Gasteiger partial charge in [-0.3, -0.25) is 4.90 Å². The first kappa shape index (κ1) is 15.0. The average molecular weight is 350 g/mol. The summed E-state index contributed by atoms with van der Waals surface area (Å²) in [6.45, 7) is 4.54. The van der Waals surface area contributed by atoms with Crippen LogP contribution in [-0.4, -0.2) is 57.6 Å². The predicted molar refractivity (Wildman–Crippen MR) is 90.1 cm³/mol. The molecule has 23 heavy (non-hydrogen) atoms. The van der Waals surface area contributed by atoms with E-state index >= 15 is 0 Å². The van der Waals surface area contributed by atoms with Gasteiger partial charge in [0.2, 0.25) is 4.96 Å². The zero-order chi connectivity index (χ0) is 15.6. The molecule has 0 atom stereocenters. The fraction of sp³-hybridized carbons (Fsp3) is 0.400. The Balaban J connectivity index is 1.53. The highest BCUT2D eigenvalue weighted by atomic mass is 35.5. The number of fused-ring (bicyclic) bond motifs is 1. The minimum atomic E-state index is 0.725. The van der Waals surface area contributed by atoms with Crippen LogP contribution in [0.1, 0.15) is 5.82 Å². The summed E-state index contributed by atoms with van der Waals surface area (Å²) >= 11 is 7.48. The van der Waals surface area contributed by atoms with Gasteiger partial charge < -0.3 is 4.74 Å². The minimum Gasteiger partial charge on any atom is -0.379 e. The van der Waals surface area contributed by atoms with Crippen LogP contribution in [0.4, 0.5) is 0 Å². The Hall–Kier alpha value is -1.54. The van der Waals surface area contributed by atoms with Crippen molar-refractivity contribution >= 4 is 27.9 Å². The molecule has 0 amide bonds. The largest absolute Gasteiger partial charge is 0.379 e. The smallest absolute Gasteiger partial charge is 0.234 e. The summed E-state index contributed by atoms with van der Waals surface area (Å²) in [5.74, 6) is 0.906. The van der Waals surface area contributed by atoms with Gasteiger partial charge in [-0.25, -0.2) is 0 Å². The molecule has 0 N–H and O–H groups in total. The molecule has 1 fully saturated rings. The van der Waals surface area contributed by atoms with Gasteiger partial charge in [0.05, 0.1) is 13.2 Å². The number of ether oxygens (including phenoxy) is 1. The molecule has 3 heterocycles. The van der Waals surface area contributed by atoms with Gasteiger partial charge in [0.15, 0.2) is 5.82 Å². The van der Waals surface area contributed by atoms with E-state index < -0.39 is 0 Å². The van der Waals surface area contributed by atoms with Crippen molar-refractivity contribution < 1.29 is 4.74 Å². The molecule has 6 nitrogen and oxygen atoms in total. The number of halogens is 1. The summed E-state index contributed by atoms with van der Waals surface area (Å²) in [4.78, 5) is 3.21. The van der Waals surface area contributed by atoms with E-state index in [2.05, 4.69) is 20.2 Å². The van der Waals surface area contributed by atoms with E-state index in [1.807, 2.05) is 28.8 Å². The van der Waals surface area contributed by atoms with Crippen molar-refractivity contribution in [2.75, 3.05) is 32.8 Å². The molecule has 8 heteroatoms. The van der Waals surface area contributed by atoms with Crippen LogP contribution < -0.4 is 0 Å². The van der Waals surface area contributed by atoms with Crippen LogP contribution in [0, 0.1) is 0 Å². The van der Waals surface area contributed by atoms with Crippen molar-refractivity contribution in [2.24, 2.45) is 0 Å². The molecule has 2 aromatic heterocycles. The number of hydrogen-bond acceptors (Lipinski definition) is 6. The van der Waals surface area contributed by atoms with Gasteiger partial charge in [0.25, 0.3) is 0 Å². The summed E-state index contributed by atoms with van der Waals surface area (Å²) in [6, 6.07) is 7.69. The normalized spacial score (nSPS) is 16.2. The molecule has 0 spiro atoms. The van der Waals surface area contributed by atoms with Crippen LogP contribution in [0.5, 0.6) is 0 Å². The van der Waals surface area contributed by atoms with Crippen LogP contribution in [0.15, 0.2) is 24.3 Å². The molecule has 1 aromatic carbocycles. The lowest BCUT2D eigenvalue weighted by Crippen LogP contribution is -2.37. The first-order valence-corrected chi connectivity index (χ1v) is 8.76. The van der Waals surface area contributed by atoms with E-state index in [-0.39, 0.29) is 0 Å². The monoisotopic (exact) mass is 349 g/mol. The van der Waals surface area contributed by atoms with Crippen LogP contribution in [0.3, 0.4) is 0 Å². The second kappa shape index (κ2) is 6.52. The molecular weight excluding hydrogens is 334 g/mol. The van der Waals surface area contributed by atoms with Crippen molar-refractivity contribution in [2.45, 2.75) is 6.42 Å². The second-order valence-electron chi connectivity index (χ2n) is 5.43. The van der Waals surface area contributed by atoms with Gasteiger partial charge in [-0.1, -0.05) is 35.1 Å². The summed E-state index contributed by atoms with van der Waals surface area (Å²) in [6.07, 6.45) is 0.838. The molecule has 3 aromatic rings. The van der Waals surface area contributed by atoms with Crippen molar-refractivity contribution in [3.63, 3.8) is 0 Å². The lowest BCUT2D eigenvalue weighted by Gasteiger charge is -2.25. The maximum atomic E-state index is 5.94. The van der Waals surface area contributed by atoms with Gasteiger partial charge >= 0.3 is 0 Å². The molecule has 4 rings (SSSR count). The maximum absolute atomic E-state index is 5.94. The molecule has 120 valence electrons. The molecule has 1 aliphatic heterocycles. The Morgan fingerprint density at radius 1 is 1.13 bits per heavy atom. The molecule has 0 aliphatic carbocycles. The number of morpholine rings is 1. The number of hydrogen-bond donors (Lipinski definition) is 0. The van der Waals surface area contributed by atoms with Gasteiger partial charge in [-0.2, -0.15) is 9.61 Å². The van der Waals surface area contributed by atoms with Crippen LogP contribution in [0.2, 0.25) is 5.02 Å². The average Bonchev–Trinajstić information content (AvgIpc) is 3.15. The van der Waals surface area contributed by atoms with Crippen molar-refractivity contribution in [3.8, 4) is 10.6 Å². The Labute approximate surface area is 142 Å². The summed E-state index contributed by atoms with van der Waals surface area (Å²) in [5, 5.41) is 14.8. The molecule has 0 bridgehead atoms. The topological polar surface area (TPSA) is 55.5 Å². The molecule has 1 aliphatic rings. The summed E-state index contributed by atoms with van der Waals surface area (Å²) in [5.41, 5.74) is 1.05. The Morgan fingerprint density at radius 2 is 1.91 bits per heavy atom. The Kier molecular flexibility index (Phi) is 4.26. The second-order valence-corrected chi connectivity index (χ2v) is 6.82. The van der Waals surface area contributed by atoms with E-state index in [9.17, 15) is 0 Å². The molecule has 0 radical (unpaired) electrons. The van der Waals surface area contributed by atoms with Crippen LogP contribution in [0.25, 0.3) is 15.5 Å². The van der Waals surface area contributed by atoms with Gasteiger partial charge in [-0.05, 0) is 12.1 Å². The Bertz CT molecular complexity index is 794. The first-order chi connectivity index (χ1) is 11.3. The van der Waals surface area contributed by atoms with E-state index in [1.165, 1.54) is 0 Å². The van der Waals surface area contributed by atoms with E-state index in [1.54, 1.807) is 11.3 Å². The maximum Gasteiger partial charge on any atom is 0.234 e. The quantitative estimate of drug-likeness (QED) is 0.724. The van der Waals surface area contributed by atoms with E-state index in [4.69, 9.17) is 16.3 Å². The third-order valence-corrected chi connectivity index (χ3v) is 5.10. The molecule has 0 unspecified atom stereocenters. The summed E-state index contributed by atoms with van der Waals surface area (Å²) < 4.78 is 7.23. The number of nitrogens with zero attached hydrogens (tertiary/aromatic N) is 5. The zero-order valence-electron chi connectivity index (χ0n) is 12.5. The fourth-order valence-corrected chi connectivity index (χ4v) is 3.60. The molecular formula is C15H16ClN5OS. The number of benzene rings is 1. The van der Waals surface area contributed by atoms with E-state index in [0.29, 0.717) is 0 Å². The number of rotatable bonds is 4. The molecule has 0 saturated carbocycles. The van der Waals surface area contributed by atoms with Gasteiger partial charge in [-0.15, -0.1) is 10.2 Å². The minimum absolute atomic E-state index is 0.725. The first-order valence-electron chi connectivity index (χ1n) is 7.57. The highest BCUT2D eigenvalue weighted by Gasteiger charge is 2.15. The van der Waals surface area contributed by atoms with Crippen molar-refractivity contribution in [1.82, 2.24) is 24.7 Å². The standard InChI is InChI=1S/C15H16ClN5OS/c16-12-3-1-11(2-4-12)14-19-21-13(17-18-15(21)23-14)5-6-20-7-9-22-10-8-20/h1-4H,5-10H2. The van der Waals surface area contributed by atoms with Crippen LogP contribution in [-0.2, 0) is 11.2 Å². The predicted octanol–water partition coefficient (Wildman–Crippen LogP) is 2.38. The lowest BCUT2D eigenvalue weighted by molar-refractivity contribution is 0.0382. The third kappa shape index (κ3) is 3.23. The molecule has 1 saturated heterocycles. The lowest BCUT2D eigenvalue weighted by atomic mass is 10.2. The zero-order valence-corrected chi connectivity index (χ0v) is 14.1.